The van der Waals surface area contributed by atoms with Crippen molar-refractivity contribution in [2.24, 2.45) is 5.73 Å². The van der Waals surface area contributed by atoms with E-state index in [4.69, 9.17) is 10.5 Å². The molecule has 1 atom stereocenters. The predicted molar refractivity (Wildman–Crippen MR) is 79.8 cm³/mol. The summed E-state index contributed by atoms with van der Waals surface area (Å²) in [4.78, 5) is 14.6. The Labute approximate surface area is 120 Å². The highest BCUT2D eigenvalue weighted by atomic mass is 16.5. The van der Waals surface area contributed by atoms with Gasteiger partial charge in [-0.1, -0.05) is 18.2 Å². The van der Waals surface area contributed by atoms with Crippen LogP contribution in [-0.4, -0.2) is 43.2 Å². The van der Waals surface area contributed by atoms with E-state index in [1.807, 2.05) is 36.1 Å². The Kier molecular flexibility index (Phi) is 5.56. The third-order valence-corrected chi connectivity index (χ3v) is 3.78. The SMILES string of the molecule is CCN(CC1CCCO1)C(=O)c1ccccc1CCN. The van der Waals surface area contributed by atoms with Crippen LogP contribution < -0.4 is 5.73 Å². The lowest BCUT2D eigenvalue weighted by Crippen LogP contribution is -2.37. The van der Waals surface area contributed by atoms with E-state index in [-0.39, 0.29) is 12.0 Å². The predicted octanol–water partition coefficient (Wildman–Crippen LogP) is 1.83. The van der Waals surface area contributed by atoms with Gasteiger partial charge in [0.25, 0.3) is 5.91 Å². The highest BCUT2D eigenvalue weighted by Gasteiger charge is 2.23. The molecule has 1 aromatic rings. The number of amides is 1. The van der Waals surface area contributed by atoms with E-state index in [0.29, 0.717) is 19.6 Å². The number of rotatable bonds is 6. The smallest absolute Gasteiger partial charge is 0.254 e. The fourth-order valence-electron chi connectivity index (χ4n) is 2.66. The van der Waals surface area contributed by atoms with Crippen molar-refractivity contribution in [3.63, 3.8) is 0 Å². The van der Waals surface area contributed by atoms with Gasteiger partial charge in [0, 0.05) is 25.3 Å². The van der Waals surface area contributed by atoms with Crippen LogP contribution in [-0.2, 0) is 11.2 Å². The number of nitrogens with two attached hydrogens (primary N) is 1. The van der Waals surface area contributed by atoms with Crippen LogP contribution in [0.5, 0.6) is 0 Å². The van der Waals surface area contributed by atoms with Crippen molar-refractivity contribution in [1.29, 1.82) is 0 Å². The molecule has 1 aliphatic rings. The van der Waals surface area contributed by atoms with E-state index >= 15 is 0 Å². The minimum absolute atomic E-state index is 0.0899. The molecule has 0 saturated carbocycles. The number of benzene rings is 1. The molecule has 0 aliphatic carbocycles. The third-order valence-electron chi connectivity index (χ3n) is 3.78. The summed E-state index contributed by atoms with van der Waals surface area (Å²) in [5, 5.41) is 0. The van der Waals surface area contributed by atoms with E-state index in [1.54, 1.807) is 0 Å². The van der Waals surface area contributed by atoms with E-state index in [9.17, 15) is 4.79 Å². The Morgan fingerprint density at radius 2 is 2.25 bits per heavy atom. The summed E-state index contributed by atoms with van der Waals surface area (Å²) in [5.74, 6) is 0.0899. The van der Waals surface area contributed by atoms with E-state index in [2.05, 4.69) is 0 Å². The lowest BCUT2D eigenvalue weighted by atomic mass is 10.0. The summed E-state index contributed by atoms with van der Waals surface area (Å²) in [6.45, 7) is 4.78. The maximum atomic E-state index is 12.7. The zero-order chi connectivity index (χ0) is 14.4. The quantitative estimate of drug-likeness (QED) is 0.862. The second kappa shape index (κ2) is 7.41. The molecule has 0 bridgehead atoms. The number of hydrogen-bond donors (Lipinski definition) is 1. The highest BCUT2D eigenvalue weighted by Crippen LogP contribution is 2.17. The number of hydrogen-bond acceptors (Lipinski definition) is 3. The first-order chi connectivity index (χ1) is 9.76. The molecule has 2 N–H and O–H groups in total. The van der Waals surface area contributed by atoms with Gasteiger partial charge < -0.3 is 15.4 Å². The molecule has 20 heavy (non-hydrogen) atoms. The molecule has 1 amide bonds. The lowest BCUT2D eigenvalue weighted by molar-refractivity contribution is 0.0538. The molecule has 4 heteroatoms. The van der Waals surface area contributed by atoms with Gasteiger partial charge in [-0.3, -0.25) is 4.79 Å². The van der Waals surface area contributed by atoms with Crippen LogP contribution in [0.2, 0.25) is 0 Å². The summed E-state index contributed by atoms with van der Waals surface area (Å²) >= 11 is 0. The third kappa shape index (κ3) is 3.58. The molecule has 110 valence electrons. The Bertz CT molecular complexity index is 442. The van der Waals surface area contributed by atoms with E-state index < -0.39 is 0 Å². The van der Waals surface area contributed by atoms with Gasteiger partial charge >= 0.3 is 0 Å². The van der Waals surface area contributed by atoms with E-state index in [0.717, 1.165) is 37.0 Å². The minimum Gasteiger partial charge on any atom is -0.376 e. The second-order valence-corrected chi connectivity index (χ2v) is 5.17. The molecular weight excluding hydrogens is 252 g/mol. The number of likely N-dealkylation sites (N-methyl/N-ethyl adjacent to an activating group) is 1. The minimum atomic E-state index is 0.0899. The van der Waals surface area contributed by atoms with Crippen LogP contribution in [0, 0.1) is 0 Å². The van der Waals surface area contributed by atoms with Gasteiger partial charge in [-0.25, -0.2) is 0 Å². The maximum absolute atomic E-state index is 12.7. The number of nitrogens with zero attached hydrogens (tertiary/aromatic N) is 1. The first-order valence-corrected chi connectivity index (χ1v) is 7.45. The largest absolute Gasteiger partial charge is 0.376 e. The van der Waals surface area contributed by atoms with E-state index in [1.165, 1.54) is 0 Å². The molecule has 1 fully saturated rings. The molecule has 1 unspecified atom stereocenters. The van der Waals surface area contributed by atoms with Crippen LogP contribution in [0.4, 0.5) is 0 Å². The zero-order valence-electron chi connectivity index (χ0n) is 12.2. The zero-order valence-corrected chi connectivity index (χ0v) is 12.2. The van der Waals surface area contributed by atoms with Crippen molar-refractivity contribution >= 4 is 5.91 Å². The second-order valence-electron chi connectivity index (χ2n) is 5.17. The monoisotopic (exact) mass is 276 g/mol. The average molecular weight is 276 g/mol. The number of carbonyl (C=O) groups excluding carboxylic acids is 1. The Morgan fingerprint density at radius 3 is 2.90 bits per heavy atom. The average Bonchev–Trinajstić information content (AvgIpc) is 2.98. The topological polar surface area (TPSA) is 55.6 Å². The van der Waals surface area contributed by atoms with Crippen molar-refractivity contribution in [2.75, 3.05) is 26.2 Å². The molecule has 0 radical (unpaired) electrons. The fraction of sp³-hybridized carbons (Fsp3) is 0.562. The number of ether oxygens (including phenoxy) is 1. The molecule has 4 nitrogen and oxygen atoms in total. The van der Waals surface area contributed by atoms with Gasteiger partial charge in [0.15, 0.2) is 0 Å². The summed E-state index contributed by atoms with van der Waals surface area (Å²) in [6, 6.07) is 7.75. The summed E-state index contributed by atoms with van der Waals surface area (Å²) in [5.41, 5.74) is 7.43. The van der Waals surface area contributed by atoms with Gasteiger partial charge in [-0.05, 0) is 44.4 Å². The Balaban J connectivity index is 2.10. The first kappa shape index (κ1) is 15.0. The van der Waals surface area contributed by atoms with Crippen LogP contribution in [0.15, 0.2) is 24.3 Å². The molecule has 0 aromatic heterocycles. The molecule has 1 aromatic carbocycles. The van der Waals surface area contributed by atoms with Gasteiger partial charge in [-0.15, -0.1) is 0 Å². The molecule has 1 heterocycles. The van der Waals surface area contributed by atoms with Crippen molar-refractivity contribution in [2.45, 2.75) is 32.3 Å². The van der Waals surface area contributed by atoms with Crippen molar-refractivity contribution in [3.05, 3.63) is 35.4 Å². The van der Waals surface area contributed by atoms with Gasteiger partial charge in [0.2, 0.25) is 0 Å². The standard InChI is InChI=1S/C16H24N2O2/c1-2-18(12-14-7-5-11-20-14)16(19)15-8-4-3-6-13(15)9-10-17/h3-4,6,8,14H,2,5,7,9-12,17H2,1H3. The number of carbonyl (C=O) groups is 1. The van der Waals surface area contributed by atoms with Crippen LogP contribution >= 0.6 is 0 Å². The molecule has 0 spiro atoms. The fourth-order valence-corrected chi connectivity index (χ4v) is 2.66. The molecule has 1 aliphatic heterocycles. The lowest BCUT2D eigenvalue weighted by Gasteiger charge is -2.25. The van der Waals surface area contributed by atoms with Crippen molar-refractivity contribution in [3.8, 4) is 0 Å². The molecule has 2 rings (SSSR count). The Morgan fingerprint density at radius 1 is 1.45 bits per heavy atom. The Hall–Kier alpha value is -1.39. The summed E-state index contributed by atoms with van der Waals surface area (Å²) in [6.07, 6.45) is 3.08. The summed E-state index contributed by atoms with van der Waals surface area (Å²) in [7, 11) is 0. The van der Waals surface area contributed by atoms with Crippen molar-refractivity contribution in [1.82, 2.24) is 4.90 Å². The van der Waals surface area contributed by atoms with Gasteiger partial charge in [0.05, 0.1) is 6.10 Å². The van der Waals surface area contributed by atoms with Gasteiger partial charge in [-0.2, -0.15) is 0 Å². The first-order valence-electron chi connectivity index (χ1n) is 7.45. The molecule has 1 saturated heterocycles. The molecular formula is C16H24N2O2. The normalized spacial score (nSPS) is 18.2. The van der Waals surface area contributed by atoms with Crippen LogP contribution in [0.25, 0.3) is 0 Å². The maximum Gasteiger partial charge on any atom is 0.254 e. The highest BCUT2D eigenvalue weighted by molar-refractivity contribution is 5.95. The summed E-state index contributed by atoms with van der Waals surface area (Å²) < 4.78 is 5.64. The van der Waals surface area contributed by atoms with Crippen LogP contribution in [0.3, 0.4) is 0 Å². The van der Waals surface area contributed by atoms with Crippen molar-refractivity contribution < 1.29 is 9.53 Å². The van der Waals surface area contributed by atoms with Crippen LogP contribution in [0.1, 0.15) is 35.7 Å². The van der Waals surface area contributed by atoms with Gasteiger partial charge in [0.1, 0.15) is 0 Å².